The monoisotopic (exact) mass is 376 g/mol. The Labute approximate surface area is 154 Å². The van der Waals surface area contributed by atoms with Crippen LogP contribution in [0.2, 0.25) is 0 Å². The number of aliphatic carboxylic acids is 1. The number of hydrogen-bond donors (Lipinski definition) is 1. The molecule has 26 heavy (non-hydrogen) atoms. The number of allylic oxidation sites excluding steroid dienone is 4. The summed E-state index contributed by atoms with van der Waals surface area (Å²) in [5.74, 6) is -2.35. The summed E-state index contributed by atoms with van der Waals surface area (Å²) in [4.78, 5) is 21.0. The molecule has 0 saturated heterocycles. The maximum Gasteiger partial charge on any atom is 0.449 e. The molecule has 1 N–H and O–H groups in total. The van der Waals surface area contributed by atoms with E-state index in [-0.39, 0.29) is 6.42 Å². The number of carboxylic acids is 1. The van der Waals surface area contributed by atoms with Crippen molar-refractivity contribution >= 4 is 11.8 Å². The molecular weight excluding hydrogens is 345 g/mol. The lowest BCUT2D eigenvalue weighted by Gasteiger charge is -2.03. The van der Waals surface area contributed by atoms with Crippen LogP contribution < -0.4 is 0 Å². The van der Waals surface area contributed by atoms with E-state index in [4.69, 9.17) is 5.11 Å². The number of carbonyl (C=O) groups excluding carboxylic acids is 1. The van der Waals surface area contributed by atoms with Crippen molar-refractivity contribution in [2.24, 2.45) is 0 Å². The molecule has 3 nitrogen and oxygen atoms in total. The molecule has 0 heterocycles. The van der Waals surface area contributed by atoms with Gasteiger partial charge in [-0.15, -0.1) is 0 Å². The highest BCUT2D eigenvalue weighted by Gasteiger charge is 2.36. The molecule has 0 bridgehead atoms. The van der Waals surface area contributed by atoms with Gasteiger partial charge in [0.2, 0.25) is 5.78 Å². The third-order valence-corrected chi connectivity index (χ3v) is 3.96. The lowest BCUT2D eigenvalue weighted by atomic mass is 10.1. The molecule has 0 aliphatic heterocycles. The summed E-state index contributed by atoms with van der Waals surface area (Å²) in [6.45, 7) is 0. The molecule has 0 unspecified atom stereocenters. The molecule has 0 rings (SSSR count). The summed E-state index contributed by atoms with van der Waals surface area (Å²) in [6.07, 6.45) is 13.0. The maximum absolute atomic E-state index is 12.0. The summed E-state index contributed by atoms with van der Waals surface area (Å²) in [6, 6.07) is 0. The number of alkyl halides is 3. The van der Waals surface area contributed by atoms with Gasteiger partial charge in [-0.3, -0.25) is 9.59 Å². The van der Waals surface area contributed by atoms with E-state index < -0.39 is 24.3 Å². The molecule has 0 aromatic carbocycles. The van der Waals surface area contributed by atoms with E-state index in [1.54, 1.807) is 0 Å². The molecule has 0 radical (unpaired) electrons. The number of halogens is 3. The summed E-state index contributed by atoms with van der Waals surface area (Å²) in [7, 11) is 0. The quantitative estimate of drug-likeness (QED) is 0.251. The van der Waals surface area contributed by atoms with Gasteiger partial charge in [0.15, 0.2) is 0 Å². The Morgan fingerprint density at radius 2 is 1.15 bits per heavy atom. The van der Waals surface area contributed by atoms with Crippen LogP contribution in [0.4, 0.5) is 13.2 Å². The normalized spacial score (nSPS) is 12.3. The van der Waals surface area contributed by atoms with Crippen molar-refractivity contribution in [3.63, 3.8) is 0 Å². The number of carbonyl (C=O) groups is 2. The van der Waals surface area contributed by atoms with Gasteiger partial charge in [-0.1, -0.05) is 50.0 Å². The Hall–Kier alpha value is -1.59. The maximum atomic E-state index is 12.0. The van der Waals surface area contributed by atoms with Gasteiger partial charge in [0.1, 0.15) is 0 Å². The second-order valence-electron chi connectivity index (χ2n) is 6.40. The highest BCUT2D eigenvalue weighted by atomic mass is 19.4. The molecule has 0 saturated carbocycles. The first-order valence-corrected chi connectivity index (χ1v) is 9.46. The van der Waals surface area contributed by atoms with Crippen LogP contribution in [-0.4, -0.2) is 23.0 Å². The van der Waals surface area contributed by atoms with Gasteiger partial charge in [-0.2, -0.15) is 13.2 Å². The molecule has 0 fully saturated rings. The first-order chi connectivity index (χ1) is 12.3. The lowest BCUT2D eigenvalue weighted by molar-refractivity contribution is -0.171. The number of Topliss-reactive ketones (excluding diaryl/α,β-unsaturated/α-hetero) is 1. The SMILES string of the molecule is O=C(O)CCCCCCCC=CCC=CCCCCCC(=O)C(F)(F)F. The van der Waals surface area contributed by atoms with Crippen LogP contribution in [0.25, 0.3) is 0 Å². The Balaban J connectivity index is 3.36. The minimum Gasteiger partial charge on any atom is -0.481 e. The van der Waals surface area contributed by atoms with Gasteiger partial charge >= 0.3 is 12.1 Å². The van der Waals surface area contributed by atoms with E-state index in [0.717, 1.165) is 57.8 Å². The van der Waals surface area contributed by atoms with Crippen molar-refractivity contribution < 1.29 is 27.9 Å². The fraction of sp³-hybridized carbons (Fsp3) is 0.700. The highest BCUT2D eigenvalue weighted by Crippen LogP contribution is 2.19. The van der Waals surface area contributed by atoms with Crippen LogP contribution in [0.5, 0.6) is 0 Å². The molecule has 150 valence electrons. The minimum atomic E-state index is -4.69. The first-order valence-electron chi connectivity index (χ1n) is 9.46. The van der Waals surface area contributed by atoms with Gasteiger partial charge < -0.3 is 5.11 Å². The van der Waals surface area contributed by atoms with Crippen LogP contribution in [0, 0.1) is 0 Å². The summed E-state index contributed by atoms with van der Waals surface area (Å²) in [5.41, 5.74) is 0. The van der Waals surface area contributed by atoms with Crippen LogP contribution in [0.1, 0.15) is 83.5 Å². The van der Waals surface area contributed by atoms with Crippen LogP contribution in [0.3, 0.4) is 0 Å². The average Bonchev–Trinajstić information content (AvgIpc) is 2.56. The molecule has 0 aromatic heterocycles. The van der Waals surface area contributed by atoms with Gasteiger partial charge in [-0.05, 0) is 44.9 Å². The van der Waals surface area contributed by atoms with Crippen molar-refractivity contribution in [3.05, 3.63) is 24.3 Å². The molecule has 0 spiro atoms. The zero-order valence-electron chi connectivity index (χ0n) is 15.4. The highest BCUT2D eigenvalue weighted by molar-refractivity contribution is 5.83. The van der Waals surface area contributed by atoms with Crippen molar-refractivity contribution in [3.8, 4) is 0 Å². The third-order valence-electron chi connectivity index (χ3n) is 3.96. The predicted molar refractivity (Wildman–Crippen MR) is 97.0 cm³/mol. The zero-order chi connectivity index (χ0) is 19.7. The number of hydrogen-bond acceptors (Lipinski definition) is 2. The second-order valence-corrected chi connectivity index (χ2v) is 6.40. The van der Waals surface area contributed by atoms with Gasteiger partial charge in [-0.25, -0.2) is 0 Å². The predicted octanol–water partition coefficient (Wildman–Crippen LogP) is 6.39. The Kier molecular flexibility index (Phi) is 14.7. The standard InChI is InChI=1S/C20H31F3O3/c21-20(22,23)18(24)16-14-12-10-8-6-4-2-1-3-5-7-9-11-13-15-17-19(25)26/h1,3-4,6H,2,5,7-17H2,(H,25,26). The molecule has 0 aromatic rings. The Morgan fingerprint density at radius 1 is 0.692 bits per heavy atom. The minimum absolute atomic E-state index is 0.262. The average molecular weight is 376 g/mol. The van der Waals surface area contributed by atoms with Gasteiger partial charge in [0.25, 0.3) is 0 Å². The number of rotatable bonds is 16. The van der Waals surface area contributed by atoms with Crippen molar-refractivity contribution in [2.45, 2.75) is 89.6 Å². The lowest BCUT2D eigenvalue weighted by Crippen LogP contribution is -2.22. The van der Waals surface area contributed by atoms with Crippen molar-refractivity contribution in [2.75, 3.05) is 0 Å². The number of unbranched alkanes of at least 4 members (excludes halogenated alkanes) is 8. The largest absolute Gasteiger partial charge is 0.481 e. The summed E-state index contributed by atoms with van der Waals surface area (Å²) < 4.78 is 36.0. The fourth-order valence-electron chi connectivity index (χ4n) is 2.44. The first kappa shape index (κ1) is 24.4. The smallest absolute Gasteiger partial charge is 0.449 e. The Morgan fingerprint density at radius 3 is 1.69 bits per heavy atom. The molecule has 0 aliphatic carbocycles. The van der Waals surface area contributed by atoms with E-state index in [1.165, 1.54) is 0 Å². The van der Waals surface area contributed by atoms with Crippen molar-refractivity contribution in [1.82, 2.24) is 0 Å². The van der Waals surface area contributed by atoms with E-state index in [2.05, 4.69) is 12.2 Å². The van der Waals surface area contributed by atoms with E-state index in [0.29, 0.717) is 12.8 Å². The molecule has 6 heteroatoms. The van der Waals surface area contributed by atoms with Crippen molar-refractivity contribution in [1.29, 1.82) is 0 Å². The van der Waals surface area contributed by atoms with Crippen LogP contribution in [-0.2, 0) is 9.59 Å². The molecule has 0 amide bonds. The zero-order valence-corrected chi connectivity index (χ0v) is 15.4. The van der Waals surface area contributed by atoms with E-state index in [1.807, 2.05) is 12.2 Å². The van der Waals surface area contributed by atoms with Gasteiger partial charge in [0.05, 0.1) is 0 Å². The topological polar surface area (TPSA) is 54.4 Å². The fourth-order valence-corrected chi connectivity index (χ4v) is 2.44. The molecule has 0 atom stereocenters. The number of carboxylic acid groups (broad SMARTS) is 1. The van der Waals surface area contributed by atoms with Crippen LogP contribution in [0.15, 0.2) is 24.3 Å². The van der Waals surface area contributed by atoms with Gasteiger partial charge in [0, 0.05) is 12.8 Å². The van der Waals surface area contributed by atoms with E-state index in [9.17, 15) is 22.8 Å². The second kappa shape index (κ2) is 15.6. The third kappa shape index (κ3) is 17.2. The summed E-state index contributed by atoms with van der Waals surface area (Å²) >= 11 is 0. The Bertz CT molecular complexity index is 440. The molecular formula is C20H31F3O3. The summed E-state index contributed by atoms with van der Waals surface area (Å²) in [5, 5.41) is 8.51. The van der Waals surface area contributed by atoms with E-state index >= 15 is 0 Å². The molecule has 0 aliphatic rings. The van der Waals surface area contributed by atoms with Crippen LogP contribution >= 0.6 is 0 Å². The number of ketones is 1.